The van der Waals surface area contributed by atoms with Crippen molar-refractivity contribution in [3.05, 3.63) is 34.9 Å². The lowest BCUT2D eigenvalue weighted by atomic mass is 10.1. The largest absolute Gasteiger partial charge is 0.329 e. The fourth-order valence-electron chi connectivity index (χ4n) is 2.50. The quantitative estimate of drug-likeness (QED) is 0.841. The molecule has 0 bridgehead atoms. The Morgan fingerprint density at radius 2 is 2.12 bits per heavy atom. The molecule has 0 heterocycles. The van der Waals surface area contributed by atoms with E-state index in [1.165, 1.54) is 6.26 Å². The van der Waals surface area contributed by atoms with Crippen molar-refractivity contribution >= 4 is 21.4 Å². The Kier molecular flexibility index (Phi) is 2.98. The number of hydrogen-bond acceptors (Lipinski definition) is 4. The average molecular weight is 275 g/mol. The lowest BCUT2D eigenvalue weighted by Crippen LogP contribution is -2.38. The molecule has 0 amide bonds. The summed E-state index contributed by atoms with van der Waals surface area (Å²) in [5, 5.41) is -0.0421. The Balaban J connectivity index is 2.41. The van der Waals surface area contributed by atoms with Crippen LogP contribution in [0.3, 0.4) is 0 Å². The molecule has 0 saturated heterocycles. The van der Waals surface area contributed by atoms with E-state index in [1.807, 2.05) is 6.07 Å². The van der Waals surface area contributed by atoms with Gasteiger partial charge in [0.05, 0.1) is 10.8 Å². The van der Waals surface area contributed by atoms with Gasteiger partial charge in [0.15, 0.2) is 9.84 Å². The molecule has 0 aromatic heterocycles. The van der Waals surface area contributed by atoms with Gasteiger partial charge >= 0.3 is 0 Å². The maximum absolute atomic E-state index is 11.7. The van der Waals surface area contributed by atoms with E-state index in [2.05, 4.69) is 0 Å². The zero-order valence-corrected chi connectivity index (χ0v) is 11.0. The predicted molar refractivity (Wildman–Crippen MR) is 68.8 cm³/mol. The molecule has 94 valence electrons. The molecular weight excluding hydrogens is 260 g/mol. The third-order valence-corrected chi connectivity index (χ3v) is 5.19. The monoisotopic (exact) mass is 274 g/mol. The van der Waals surface area contributed by atoms with Crippen LogP contribution in [-0.4, -0.2) is 32.0 Å². The van der Waals surface area contributed by atoms with Crippen molar-refractivity contribution < 1.29 is 8.42 Å². The van der Waals surface area contributed by atoms with Crippen molar-refractivity contribution in [2.24, 2.45) is 11.5 Å². The summed E-state index contributed by atoms with van der Waals surface area (Å²) in [6.45, 7) is 0.141. The van der Waals surface area contributed by atoms with Crippen LogP contribution in [-0.2, 0) is 9.84 Å². The second kappa shape index (κ2) is 3.95. The summed E-state index contributed by atoms with van der Waals surface area (Å²) in [5.41, 5.74) is 11.6. The standard InChI is InChI=1S/C11H15ClN2O2S/c1-17(15,16)10-9(11(10,14)6-13)7-3-2-4-8(12)5-7/h2-5,9-10H,6,13-14H2,1H3/t9-,10-,11-/m1/s1. The van der Waals surface area contributed by atoms with E-state index in [0.29, 0.717) is 5.02 Å². The summed E-state index contributed by atoms with van der Waals surface area (Å²) >= 11 is 5.89. The SMILES string of the molecule is CS(=O)(=O)[C@@H]1[C@@H](c2cccc(Cl)c2)[C@]1(N)CN. The summed E-state index contributed by atoms with van der Waals surface area (Å²) in [6.07, 6.45) is 1.19. The highest BCUT2D eigenvalue weighted by Crippen LogP contribution is 2.53. The van der Waals surface area contributed by atoms with E-state index in [9.17, 15) is 8.42 Å². The molecule has 0 spiro atoms. The van der Waals surface area contributed by atoms with Crippen molar-refractivity contribution in [1.82, 2.24) is 0 Å². The highest BCUT2D eigenvalue weighted by Gasteiger charge is 2.67. The number of rotatable bonds is 3. The van der Waals surface area contributed by atoms with Crippen LogP contribution in [0, 0.1) is 0 Å². The Labute approximate surface area is 106 Å². The molecule has 1 saturated carbocycles. The normalized spacial score (nSPS) is 32.5. The zero-order chi connectivity index (χ0) is 12.8. The van der Waals surface area contributed by atoms with E-state index in [-0.39, 0.29) is 12.5 Å². The minimum absolute atomic E-state index is 0.141. The number of nitrogens with two attached hydrogens (primary N) is 2. The highest BCUT2D eigenvalue weighted by atomic mass is 35.5. The summed E-state index contributed by atoms with van der Waals surface area (Å²) in [6, 6.07) is 7.10. The molecule has 1 aliphatic carbocycles. The molecule has 4 nitrogen and oxygen atoms in total. The minimum Gasteiger partial charge on any atom is -0.329 e. The van der Waals surface area contributed by atoms with Gasteiger partial charge in [-0.05, 0) is 17.7 Å². The molecule has 1 fully saturated rings. The predicted octanol–water partition coefficient (Wildman–Crippen LogP) is 0.507. The van der Waals surface area contributed by atoms with Crippen LogP contribution in [0.4, 0.5) is 0 Å². The van der Waals surface area contributed by atoms with Crippen LogP contribution >= 0.6 is 11.6 Å². The van der Waals surface area contributed by atoms with Crippen molar-refractivity contribution in [3.8, 4) is 0 Å². The average Bonchev–Trinajstić information content (AvgIpc) is 2.86. The first-order valence-corrected chi connectivity index (χ1v) is 7.57. The molecule has 0 unspecified atom stereocenters. The molecular formula is C11H15ClN2O2S. The number of benzene rings is 1. The van der Waals surface area contributed by atoms with Crippen LogP contribution in [0.25, 0.3) is 0 Å². The first-order chi connectivity index (χ1) is 7.80. The summed E-state index contributed by atoms with van der Waals surface area (Å²) < 4.78 is 23.3. The van der Waals surface area contributed by atoms with E-state index in [0.717, 1.165) is 5.56 Å². The minimum atomic E-state index is -3.21. The first kappa shape index (κ1) is 12.8. The van der Waals surface area contributed by atoms with Gasteiger partial charge in [-0.3, -0.25) is 0 Å². The molecule has 2 rings (SSSR count). The highest BCUT2D eigenvalue weighted by molar-refractivity contribution is 7.91. The van der Waals surface area contributed by atoms with E-state index in [1.54, 1.807) is 18.2 Å². The van der Waals surface area contributed by atoms with Crippen molar-refractivity contribution in [2.75, 3.05) is 12.8 Å². The van der Waals surface area contributed by atoms with Crippen molar-refractivity contribution in [2.45, 2.75) is 16.7 Å². The van der Waals surface area contributed by atoms with E-state index >= 15 is 0 Å². The fraction of sp³-hybridized carbons (Fsp3) is 0.455. The molecule has 1 aromatic rings. The Hall–Kier alpha value is -0.620. The smallest absolute Gasteiger partial charge is 0.152 e. The lowest BCUT2D eigenvalue weighted by molar-refractivity contribution is 0.591. The lowest BCUT2D eigenvalue weighted by Gasteiger charge is -2.07. The molecule has 3 atom stereocenters. The van der Waals surface area contributed by atoms with E-state index in [4.69, 9.17) is 23.1 Å². The van der Waals surface area contributed by atoms with Gasteiger partial charge in [0.2, 0.25) is 0 Å². The molecule has 1 aliphatic rings. The van der Waals surface area contributed by atoms with Gasteiger partial charge in [0, 0.05) is 23.7 Å². The Bertz CT molecular complexity index is 546. The first-order valence-electron chi connectivity index (χ1n) is 5.24. The van der Waals surface area contributed by atoms with E-state index < -0.39 is 20.6 Å². The topological polar surface area (TPSA) is 86.2 Å². The van der Waals surface area contributed by atoms with Gasteiger partial charge in [-0.2, -0.15) is 0 Å². The molecule has 6 heteroatoms. The Morgan fingerprint density at radius 3 is 2.53 bits per heavy atom. The molecule has 0 aliphatic heterocycles. The summed E-state index contributed by atoms with van der Waals surface area (Å²) in [4.78, 5) is 0. The van der Waals surface area contributed by atoms with Gasteiger partial charge in [-0.25, -0.2) is 8.42 Å². The second-order valence-electron chi connectivity index (χ2n) is 4.60. The van der Waals surface area contributed by atoms with Crippen LogP contribution in [0.15, 0.2) is 24.3 Å². The number of sulfone groups is 1. The number of hydrogen-bond donors (Lipinski definition) is 2. The summed E-state index contributed by atoms with van der Waals surface area (Å²) in [7, 11) is -3.21. The molecule has 0 radical (unpaired) electrons. The van der Waals surface area contributed by atoms with Gasteiger partial charge < -0.3 is 11.5 Å². The van der Waals surface area contributed by atoms with Gasteiger partial charge in [-0.1, -0.05) is 23.7 Å². The van der Waals surface area contributed by atoms with Crippen LogP contribution in [0.5, 0.6) is 0 Å². The maximum Gasteiger partial charge on any atom is 0.152 e. The van der Waals surface area contributed by atoms with Crippen LogP contribution < -0.4 is 11.5 Å². The van der Waals surface area contributed by atoms with Crippen molar-refractivity contribution in [3.63, 3.8) is 0 Å². The third kappa shape index (κ3) is 2.08. The van der Waals surface area contributed by atoms with Gasteiger partial charge in [0.25, 0.3) is 0 Å². The van der Waals surface area contributed by atoms with Gasteiger partial charge in [0.1, 0.15) is 0 Å². The van der Waals surface area contributed by atoms with Crippen LogP contribution in [0.2, 0.25) is 5.02 Å². The molecule has 17 heavy (non-hydrogen) atoms. The molecule has 4 N–H and O–H groups in total. The molecule has 1 aromatic carbocycles. The third-order valence-electron chi connectivity index (χ3n) is 3.32. The zero-order valence-electron chi connectivity index (χ0n) is 9.43. The Morgan fingerprint density at radius 1 is 1.47 bits per heavy atom. The number of halogens is 1. The summed E-state index contributed by atoms with van der Waals surface area (Å²) in [5.74, 6) is -0.263. The van der Waals surface area contributed by atoms with Crippen LogP contribution in [0.1, 0.15) is 11.5 Å². The second-order valence-corrected chi connectivity index (χ2v) is 7.20. The van der Waals surface area contributed by atoms with Crippen molar-refractivity contribution in [1.29, 1.82) is 0 Å². The van der Waals surface area contributed by atoms with Gasteiger partial charge in [-0.15, -0.1) is 0 Å². The fourth-order valence-corrected chi connectivity index (χ4v) is 4.56. The maximum atomic E-state index is 11.7.